The fourth-order valence-electron chi connectivity index (χ4n) is 2.26. The highest BCUT2D eigenvalue weighted by Crippen LogP contribution is 2.21. The number of hydrogen-bond donors (Lipinski definition) is 2. The van der Waals surface area contributed by atoms with Crippen LogP contribution in [0.3, 0.4) is 0 Å². The van der Waals surface area contributed by atoms with Gasteiger partial charge < -0.3 is 5.11 Å². The summed E-state index contributed by atoms with van der Waals surface area (Å²) in [5.41, 5.74) is 4.84. The van der Waals surface area contributed by atoms with Crippen LogP contribution < -0.4 is 5.43 Å². The Balaban J connectivity index is 1.94. The van der Waals surface area contributed by atoms with Crippen LogP contribution in [0.25, 0.3) is 0 Å². The lowest BCUT2D eigenvalue weighted by atomic mass is 10.1. The number of carbonyl (C=O) groups is 1. The number of aromatic nitrogens is 2. The normalized spacial score (nSPS) is 10.1. The Morgan fingerprint density at radius 3 is 2.16 bits per heavy atom. The number of carbonyl (C=O) groups excluding carboxylic acids is 1. The number of aryl methyl sites for hydroxylation is 1. The maximum absolute atomic E-state index is 12.4. The predicted molar refractivity (Wildman–Crippen MR) is 94.4 cm³/mol. The van der Waals surface area contributed by atoms with Gasteiger partial charge in [0.15, 0.2) is 0 Å². The summed E-state index contributed by atoms with van der Waals surface area (Å²) in [5.74, 6) is -0.571. The molecule has 124 valence electrons. The van der Waals surface area contributed by atoms with Crippen LogP contribution in [-0.4, -0.2) is 26.7 Å². The van der Waals surface area contributed by atoms with Crippen molar-refractivity contribution in [1.29, 1.82) is 0 Å². The van der Waals surface area contributed by atoms with Crippen LogP contribution in [0.4, 0.5) is 0 Å². The van der Waals surface area contributed by atoms with E-state index in [2.05, 4.69) is 20.5 Å². The maximum atomic E-state index is 12.4. The molecule has 2 heterocycles. The number of pyridine rings is 2. The first-order valence-electron chi connectivity index (χ1n) is 7.66. The lowest BCUT2D eigenvalue weighted by molar-refractivity contribution is 0.0952. The largest absolute Gasteiger partial charge is 0.507 e. The van der Waals surface area contributed by atoms with E-state index in [1.807, 2.05) is 12.1 Å². The molecule has 0 radical (unpaired) electrons. The molecule has 1 amide bonds. The molecular weight excluding hydrogens is 316 g/mol. The zero-order valence-corrected chi connectivity index (χ0v) is 13.5. The molecule has 0 saturated heterocycles. The van der Waals surface area contributed by atoms with Crippen molar-refractivity contribution in [3.8, 4) is 5.75 Å². The van der Waals surface area contributed by atoms with Gasteiger partial charge in [-0.1, -0.05) is 24.3 Å². The van der Waals surface area contributed by atoms with Gasteiger partial charge in [0.2, 0.25) is 0 Å². The molecule has 6 heteroatoms. The van der Waals surface area contributed by atoms with Crippen LogP contribution in [0, 0.1) is 6.92 Å². The number of para-hydroxylation sites is 1. The van der Waals surface area contributed by atoms with Gasteiger partial charge in [-0.3, -0.25) is 14.8 Å². The number of phenolic OH excluding ortho intramolecular Hbond substituents is 1. The highest BCUT2D eigenvalue weighted by atomic mass is 16.3. The molecule has 6 nitrogen and oxygen atoms in total. The number of rotatable bonds is 4. The summed E-state index contributed by atoms with van der Waals surface area (Å²) in [7, 11) is 0. The van der Waals surface area contributed by atoms with Gasteiger partial charge in [-0.25, -0.2) is 5.43 Å². The van der Waals surface area contributed by atoms with E-state index in [1.54, 1.807) is 55.7 Å². The first-order valence-corrected chi connectivity index (χ1v) is 7.66. The summed E-state index contributed by atoms with van der Waals surface area (Å²) in [6.07, 6.45) is 3.28. The molecule has 2 N–H and O–H groups in total. The summed E-state index contributed by atoms with van der Waals surface area (Å²) in [6.45, 7) is 1.72. The summed E-state index contributed by atoms with van der Waals surface area (Å²) in [5, 5.41) is 14.2. The van der Waals surface area contributed by atoms with E-state index in [0.29, 0.717) is 22.7 Å². The van der Waals surface area contributed by atoms with Crippen molar-refractivity contribution in [3.05, 3.63) is 89.5 Å². The molecule has 0 aliphatic heterocycles. The van der Waals surface area contributed by atoms with E-state index in [-0.39, 0.29) is 11.3 Å². The van der Waals surface area contributed by atoms with Gasteiger partial charge in [-0.05, 0) is 42.8 Å². The molecule has 2 aromatic heterocycles. The van der Waals surface area contributed by atoms with E-state index < -0.39 is 5.91 Å². The van der Waals surface area contributed by atoms with Gasteiger partial charge in [0, 0.05) is 12.4 Å². The molecule has 0 spiro atoms. The Hall–Kier alpha value is -3.54. The summed E-state index contributed by atoms with van der Waals surface area (Å²) in [4.78, 5) is 20.9. The molecule has 0 unspecified atom stereocenters. The fraction of sp³-hybridized carbons (Fsp3) is 0.0526. The van der Waals surface area contributed by atoms with Crippen LogP contribution in [0.2, 0.25) is 0 Å². The third-order valence-corrected chi connectivity index (χ3v) is 3.57. The third kappa shape index (κ3) is 3.69. The molecular formula is C19H16N4O2. The van der Waals surface area contributed by atoms with Crippen LogP contribution in [0.15, 0.2) is 72.1 Å². The summed E-state index contributed by atoms with van der Waals surface area (Å²) < 4.78 is 0. The molecule has 3 rings (SSSR count). The second kappa shape index (κ2) is 7.35. The van der Waals surface area contributed by atoms with E-state index in [4.69, 9.17) is 0 Å². The second-order valence-electron chi connectivity index (χ2n) is 5.30. The van der Waals surface area contributed by atoms with Crippen molar-refractivity contribution in [2.75, 3.05) is 0 Å². The minimum atomic E-state index is -0.509. The van der Waals surface area contributed by atoms with Crippen LogP contribution in [-0.2, 0) is 0 Å². The van der Waals surface area contributed by atoms with Gasteiger partial charge in [0.05, 0.1) is 17.0 Å². The third-order valence-electron chi connectivity index (χ3n) is 3.57. The number of benzene rings is 1. The number of aromatic hydroxyl groups is 1. The maximum Gasteiger partial charge on any atom is 0.275 e. The fourth-order valence-corrected chi connectivity index (χ4v) is 2.26. The van der Waals surface area contributed by atoms with Gasteiger partial charge >= 0.3 is 0 Å². The number of phenols is 1. The van der Waals surface area contributed by atoms with E-state index in [1.165, 1.54) is 6.07 Å². The minimum absolute atomic E-state index is 0.0626. The quantitative estimate of drug-likeness (QED) is 0.568. The number of hydrazone groups is 1. The van der Waals surface area contributed by atoms with E-state index in [9.17, 15) is 9.90 Å². The summed E-state index contributed by atoms with van der Waals surface area (Å²) in [6, 6.07) is 15.8. The number of amides is 1. The monoisotopic (exact) mass is 332 g/mol. The Morgan fingerprint density at radius 1 is 0.960 bits per heavy atom. The smallest absolute Gasteiger partial charge is 0.275 e. The minimum Gasteiger partial charge on any atom is -0.507 e. The molecule has 0 fully saturated rings. The zero-order chi connectivity index (χ0) is 17.6. The van der Waals surface area contributed by atoms with Crippen molar-refractivity contribution < 1.29 is 9.90 Å². The topological polar surface area (TPSA) is 87.5 Å². The lowest BCUT2D eigenvalue weighted by Crippen LogP contribution is -2.21. The van der Waals surface area contributed by atoms with Crippen LogP contribution >= 0.6 is 0 Å². The lowest BCUT2D eigenvalue weighted by Gasteiger charge is -2.08. The van der Waals surface area contributed by atoms with Crippen molar-refractivity contribution >= 4 is 11.6 Å². The Morgan fingerprint density at radius 2 is 1.60 bits per heavy atom. The van der Waals surface area contributed by atoms with Gasteiger partial charge in [-0.2, -0.15) is 5.10 Å². The Kier molecular flexibility index (Phi) is 4.80. The zero-order valence-electron chi connectivity index (χ0n) is 13.5. The average Bonchev–Trinajstić information content (AvgIpc) is 2.66. The van der Waals surface area contributed by atoms with Crippen LogP contribution in [0.1, 0.15) is 27.3 Å². The molecule has 0 saturated carbocycles. The average molecular weight is 332 g/mol. The summed E-state index contributed by atoms with van der Waals surface area (Å²) >= 11 is 0. The van der Waals surface area contributed by atoms with Crippen molar-refractivity contribution in [3.63, 3.8) is 0 Å². The number of nitrogens with zero attached hydrogens (tertiary/aromatic N) is 3. The molecule has 0 aliphatic rings. The second-order valence-corrected chi connectivity index (χ2v) is 5.30. The standard InChI is InChI=1S/C19H16N4O2/c1-13-7-6-8-14(18(13)24)19(25)23-22-17(15-9-2-4-11-20-15)16-10-3-5-12-21-16/h2-12,24H,1H3,(H,23,25). The number of hydrogen-bond acceptors (Lipinski definition) is 5. The van der Waals surface area contributed by atoms with Gasteiger partial charge in [-0.15, -0.1) is 0 Å². The highest BCUT2D eigenvalue weighted by molar-refractivity contribution is 6.11. The van der Waals surface area contributed by atoms with Crippen molar-refractivity contribution in [2.45, 2.75) is 6.92 Å². The van der Waals surface area contributed by atoms with Gasteiger partial charge in [0.25, 0.3) is 5.91 Å². The molecule has 0 bridgehead atoms. The Labute approximate surface area is 144 Å². The van der Waals surface area contributed by atoms with Crippen molar-refractivity contribution in [2.24, 2.45) is 5.10 Å². The molecule has 1 aromatic carbocycles. The van der Waals surface area contributed by atoms with E-state index in [0.717, 1.165) is 0 Å². The SMILES string of the molecule is Cc1cccc(C(=O)NN=C(c2ccccn2)c2ccccn2)c1O. The number of nitrogens with one attached hydrogen (secondary N) is 1. The van der Waals surface area contributed by atoms with Crippen LogP contribution in [0.5, 0.6) is 5.75 Å². The molecule has 25 heavy (non-hydrogen) atoms. The molecule has 0 atom stereocenters. The van der Waals surface area contributed by atoms with Crippen molar-refractivity contribution in [1.82, 2.24) is 15.4 Å². The van der Waals surface area contributed by atoms with Gasteiger partial charge in [0.1, 0.15) is 11.5 Å². The first-order chi connectivity index (χ1) is 12.2. The molecule has 0 aliphatic carbocycles. The predicted octanol–water partition coefficient (Wildman–Crippen LogP) is 2.67. The Bertz CT molecular complexity index is 868. The first kappa shape index (κ1) is 16.3. The highest BCUT2D eigenvalue weighted by Gasteiger charge is 2.14. The molecule has 3 aromatic rings. The van der Waals surface area contributed by atoms with E-state index >= 15 is 0 Å².